The number of aromatic nitrogens is 2. The van der Waals surface area contributed by atoms with Gasteiger partial charge in [0.1, 0.15) is 6.54 Å². The summed E-state index contributed by atoms with van der Waals surface area (Å²) in [7, 11) is 0. The zero-order chi connectivity index (χ0) is 13.9. The average molecular weight is 284 g/mol. The number of amides is 1. The van der Waals surface area contributed by atoms with Gasteiger partial charge in [-0.15, -0.1) is 0 Å². The summed E-state index contributed by atoms with van der Waals surface area (Å²) in [5.41, 5.74) is -1.04. The summed E-state index contributed by atoms with van der Waals surface area (Å²) >= 11 is 5.55. The van der Waals surface area contributed by atoms with Gasteiger partial charge in [-0.3, -0.25) is 9.48 Å². The number of rotatable bonds is 4. The van der Waals surface area contributed by atoms with Gasteiger partial charge in [0.15, 0.2) is 5.69 Å². The van der Waals surface area contributed by atoms with Gasteiger partial charge in [-0.1, -0.05) is 18.5 Å². The van der Waals surface area contributed by atoms with Crippen LogP contribution >= 0.6 is 11.6 Å². The molecule has 0 unspecified atom stereocenters. The van der Waals surface area contributed by atoms with Crippen LogP contribution in [0.1, 0.15) is 24.7 Å². The van der Waals surface area contributed by atoms with Gasteiger partial charge in [0.2, 0.25) is 5.91 Å². The Labute approximate surface area is 107 Å². The third kappa shape index (κ3) is 3.38. The predicted molar refractivity (Wildman–Crippen MR) is 60.3 cm³/mol. The number of halogens is 4. The Morgan fingerprint density at radius 1 is 1.50 bits per heavy atom. The van der Waals surface area contributed by atoms with Crippen LogP contribution < -0.4 is 5.32 Å². The molecule has 0 saturated heterocycles. The Bertz CT molecular complexity index is 442. The number of alkyl halides is 3. The van der Waals surface area contributed by atoms with Crippen molar-refractivity contribution in [2.24, 2.45) is 0 Å². The van der Waals surface area contributed by atoms with E-state index < -0.39 is 22.8 Å². The van der Waals surface area contributed by atoms with Gasteiger partial charge in [0.25, 0.3) is 0 Å². The molecule has 4 nitrogen and oxygen atoms in total. The third-order valence-electron chi connectivity index (χ3n) is 2.27. The molecular weight excluding hydrogens is 271 g/mol. The first kappa shape index (κ1) is 14.8. The summed E-state index contributed by atoms with van der Waals surface area (Å²) in [4.78, 5) is 11.4. The quantitative estimate of drug-likeness (QED) is 0.922. The number of hydrogen-bond donors (Lipinski definition) is 1. The average Bonchev–Trinajstić information content (AvgIpc) is 2.54. The molecule has 0 aliphatic heterocycles. The van der Waals surface area contributed by atoms with E-state index in [1.807, 2.05) is 6.92 Å². The van der Waals surface area contributed by atoms with Crippen LogP contribution in [0.3, 0.4) is 0 Å². The largest absolute Gasteiger partial charge is 0.436 e. The van der Waals surface area contributed by atoms with Crippen LogP contribution in [0, 0.1) is 6.92 Å². The lowest BCUT2D eigenvalue weighted by Crippen LogP contribution is -2.29. The van der Waals surface area contributed by atoms with Crippen molar-refractivity contribution in [3.63, 3.8) is 0 Å². The highest BCUT2D eigenvalue weighted by Crippen LogP contribution is 2.35. The Morgan fingerprint density at radius 3 is 2.56 bits per heavy atom. The van der Waals surface area contributed by atoms with Gasteiger partial charge < -0.3 is 5.32 Å². The van der Waals surface area contributed by atoms with Gasteiger partial charge in [-0.2, -0.15) is 18.3 Å². The first-order valence-electron chi connectivity index (χ1n) is 5.34. The summed E-state index contributed by atoms with van der Waals surface area (Å²) in [6.07, 6.45) is -3.87. The Hall–Kier alpha value is -1.24. The molecular formula is C10H13ClF3N3O. The highest BCUT2D eigenvalue weighted by atomic mass is 35.5. The van der Waals surface area contributed by atoms with Crippen molar-refractivity contribution < 1.29 is 18.0 Å². The number of carbonyl (C=O) groups is 1. The highest BCUT2D eigenvalue weighted by Gasteiger charge is 2.38. The Morgan fingerprint density at radius 2 is 2.11 bits per heavy atom. The lowest BCUT2D eigenvalue weighted by atomic mass is 10.3. The van der Waals surface area contributed by atoms with Crippen molar-refractivity contribution in [1.82, 2.24) is 15.1 Å². The smallest absolute Gasteiger partial charge is 0.355 e. The zero-order valence-electron chi connectivity index (χ0n) is 9.94. The first-order chi connectivity index (χ1) is 8.27. The molecule has 0 radical (unpaired) electrons. The van der Waals surface area contributed by atoms with E-state index in [-0.39, 0.29) is 12.2 Å². The molecule has 0 spiro atoms. The summed E-state index contributed by atoms with van der Waals surface area (Å²) in [6, 6.07) is 0. The third-order valence-corrected chi connectivity index (χ3v) is 2.72. The Kier molecular flexibility index (Phi) is 4.61. The van der Waals surface area contributed by atoms with E-state index in [0.29, 0.717) is 6.54 Å². The molecule has 18 heavy (non-hydrogen) atoms. The van der Waals surface area contributed by atoms with Crippen LogP contribution in [0.4, 0.5) is 13.2 Å². The van der Waals surface area contributed by atoms with Crippen molar-refractivity contribution in [3.8, 4) is 0 Å². The van der Waals surface area contributed by atoms with Crippen molar-refractivity contribution in [2.75, 3.05) is 6.54 Å². The molecule has 1 aromatic rings. The lowest BCUT2D eigenvalue weighted by Gasteiger charge is -2.05. The molecule has 1 heterocycles. The topological polar surface area (TPSA) is 46.9 Å². The van der Waals surface area contributed by atoms with Gasteiger partial charge in [0.05, 0.1) is 10.7 Å². The van der Waals surface area contributed by atoms with Crippen LogP contribution in [0.5, 0.6) is 0 Å². The van der Waals surface area contributed by atoms with Crippen LogP contribution in [-0.2, 0) is 17.5 Å². The maximum atomic E-state index is 12.5. The van der Waals surface area contributed by atoms with Crippen molar-refractivity contribution in [3.05, 3.63) is 16.4 Å². The van der Waals surface area contributed by atoms with E-state index >= 15 is 0 Å². The summed E-state index contributed by atoms with van der Waals surface area (Å²) in [6.45, 7) is 3.45. The minimum Gasteiger partial charge on any atom is -0.355 e. The fourth-order valence-electron chi connectivity index (χ4n) is 1.32. The number of nitrogens with one attached hydrogen (secondary N) is 1. The zero-order valence-corrected chi connectivity index (χ0v) is 10.7. The number of hydrogen-bond acceptors (Lipinski definition) is 2. The second kappa shape index (κ2) is 5.60. The van der Waals surface area contributed by atoms with Crippen molar-refractivity contribution in [2.45, 2.75) is 33.0 Å². The SMILES string of the molecule is CCCNC(=O)Cn1nc(C(F)(F)F)c(Cl)c1C. The van der Waals surface area contributed by atoms with E-state index in [0.717, 1.165) is 11.1 Å². The van der Waals surface area contributed by atoms with E-state index in [1.165, 1.54) is 6.92 Å². The minimum atomic E-state index is -4.62. The number of nitrogens with zero attached hydrogens (tertiary/aromatic N) is 2. The molecule has 8 heteroatoms. The fraction of sp³-hybridized carbons (Fsp3) is 0.600. The Balaban J connectivity index is 2.88. The summed E-state index contributed by atoms with van der Waals surface area (Å²) < 4.78 is 38.5. The fourth-order valence-corrected chi connectivity index (χ4v) is 1.56. The van der Waals surface area contributed by atoms with Crippen LogP contribution in [0.25, 0.3) is 0 Å². The molecule has 0 aliphatic rings. The maximum absolute atomic E-state index is 12.5. The molecule has 0 fully saturated rings. The highest BCUT2D eigenvalue weighted by molar-refractivity contribution is 6.31. The minimum absolute atomic E-state index is 0.121. The van der Waals surface area contributed by atoms with Gasteiger partial charge in [-0.25, -0.2) is 0 Å². The van der Waals surface area contributed by atoms with Gasteiger partial charge >= 0.3 is 6.18 Å². The molecule has 0 aliphatic carbocycles. The molecule has 0 atom stereocenters. The summed E-state index contributed by atoms with van der Waals surface area (Å²) in [5.74, 6) is -0.396. The molecule has 0 aromatic carbocycles. The lowest BCUT2D eigenvalue weighted by molar-refractivity contribution is -0.141. The second-order valence-electron chi connectivity index (χ2n) is 3.75. The van der Waals surface area contributed by atoms with Gasteiger partial charge in [-0.05, 0) is 13.3 Å². The molecule has 1 amide bonds. The van der Waals surface area contributed by atoms with Crippen molar-refractivity contribution >= 4 is 17.5 Å². The monoisotopic (exact) mass is 283 g/mol. The maximum Gasteiger partial charge on any atom is 0.436 e. The van der Waals surface area contributed by atoms with Crippen LogP contribution in [-0.4, -0.2) is 22.2 Å². The van der Waals surface area contributed by atoms with Crippen LogP contribution in [0.15, 0.2) is 0 Å². The standard InChI is InChI=1S/C10H13ClF3N3O/c1-3-4-15-7(18)5-17-6(2)8(11)9(16-17)10(12,13)14/h3-5H2,1-2H3,(H,15,18). The molecule has 102 valence electrons. The summed E-state index contributed by atoms with van der Waals surface area (Å²) in [5, 5.41) is 5.41. The first-order valence-corrected chi connectivity index (χ1v) is 5.72. The number of carbonyl (C=O) groups excluding carboxylic acids is 1. The van der Waals surface area contributed by atoms with E-state index in [2.05, 4.69) is 10.4 Å². The van der Waals surface area contributed by atoms with E-state index in [9.17, 15) is 18.0 Å². The second-order valence-corrected chi connectivity index (χ2v) is 4.13. The van der Waals surface area contributed by atoms with Crippen molar-refractivity contribution in [1.29, 1.82) is 0 Å². The molecule has 1 N–H and O–H groups in total. The molecule has 0 bridgehead atoms. The predicted octanol–water partition coefficient (Wildman–Crippen LogP) is 2.39. The van der Waals surface area contributed by atoms with E-state index in [1.54, 1.807) is 0 Å². The normalized spacial score (nSPS) is 11.7. The van der Waals surface area contributed by atoms with Crippen LogP contribution in [0.2, 0.25) is 5.02 Å². The van der Waals surface area contributed by atoms with Gasteiger partial charge in [0, 0.05) is 6.54 Å². The molecule has 0 saturated carbocycles. The molecule has 1 aromatic heterocycles. The van der Waals surface area contributed by atoms with E-state index in [4.69, 9.17) is 11.6 Å². The molecule has 1 rings (SSSR count).